The second-order valence-corrected chi connectivity index (χ2v) is 6.58. The highest BCUT2D eigenvalue weighted by Gasteiger charge is 2.12. The molecule has 2 N–H and O–H groups in total. The highest BCUT2D eigenvalue weighted by atomic mass is 16.5. The Morgan fingerprint density at radius 3 is 2.44 bits per heavy atom. The van der Waals surface area contributed by atoms with Crippen LogP contribution in [0.25, 0.3) is 0 Å². The average Bonchev–Trinajstić information content (AvgIpc) is 3.35. The van der Waals surface area contributed by atoms with Crippen LogP contribution >= 0.6 is 0 Å². The van der Waals surface area contributed by atoms with Gasteiger partial charge in [-0.05, 0) is 56.2 Å². The summed E-state index contributed by atoms with van der Waals surface area (Å²) in [5, 5.41) is 9.69. The molecule has 1 aliphatic rings. The quantitative estimate of drug-likeness (QED) is 0.713. The van der Waals surface area contributed by atoms with E-state index in [1.54, 1.807) is 25.3 Å². The summed E-state index contributed by atoms with van der Waals surface area (Å²) in [7, 11) is 0. The molecule has 1 saturated heterocycles. The first-order valence-electron chi connectivity index (χ1n) is 9.00. The largest absolute Gasteiger partial charge is 0.372 e. The second-order valence-electron chi connectivity index (χ2n) is 6.58. The van der Waals surface area contributed by atoms with Crippen LogP contribution in [-0.2, 0) is 0 Å². The van der Waals surface area contributed by atoms with Crippen molar-refractivity contribution in [2.75, 3.05) is 28.6 Å². The maximum Gasteiger partial charge on any atom is 0.275 e. The third-order valence-corrected chi connectivity index (χ3v) is 4.49. The van der Waals surface area contributed by atoms with Gasteiger partial charge in [0.25, 0.3) is 5.91 Å². The van der Waals surface area contributed by atoms with Gasteiger partial charge in [-0.2, -0.15) is 0 Å². The van der Waals surface area contributed by atoms with Crippen molar-refractivity contribution in [3.8, 4) is 0 Å². The highest BCUT2D eigenvalue weighted by Crippen LogP contribution is 2.23. The van der Waals surface area contributed by atoms with Crippen molar-refractivity contribution in [1.29, 1.82) is 0 Å². The third-order valence-electron chi connectivity index (χ3n) is 4.49. The maximum atomic E-state index is 12.2. The van der Waals surface area contributed by atoms with Crippen molar-refractivity contribution >= 4 is 28.8 Å². The van der Waals surface area contributed by atoms with E-state index in [-0.39, 0.29) is 5.91 Å². The molecule has 0 unspecified atom stereocenters. The first-order chi connectivity index (χ1) is 13.2. The zero-order valence-corrected chi connectivity index (χ0v) is 15.1. The number of anilines is 4. The Hall–Kier alpha value is -3.35. The Morgan fingerprint density at radius 1 is 1.07 bits per heavy atom. The number of hydrogen-bond acceptors (Lipinski definition) is 6. The number of benzene rings is 1. The Bertz CT molecular complexity index is 912. The molecule has 0 saturated carbocycles. The van der Waals surface area contributed by atoms with Crippen molar-refractivity contribution in [2.24, 2.45) is 0 Å². The van der Waals surface area contributed by atoms with Crippen LogP contribution in [-0.4, -0.2) is 29.1 Å². The topological polar surface area (TPSA) is 83.3 Å². The SMILES string of the molecule is Cc1cc(NC(=O)c2ccc(Nc3ccc(N4CCCC4)cc3)cn2)no1. The molecule has 1 aromatic carbocycles. The van der Waals surface area contributed by atoms with Gasteiger partial charge in [0.1, 0.15) is 11.5 Å². The van der Waals surface area contributed by atoms with Gasteiger partial charge in [0.2, 0.25) is 0 Å². The van der Waals surface area contributed by atoms with E-state index in [4.69, 9.17) is 4.52 Å². The van der Waals surface area contributed by atoms with E-state index in [0.717, 1.165) is 24.5 Å². The van der Waals surface area contributed by atoms with Gasteiger partial charge < -0.3 is 20.1 Å². The molecule has 0 radical (unpaired) electrons. The van der Waals surface area contributed by atoms with Gasteiger partial charge in [-0.25, -0.2) is 4.98 Å². The smallest absolute Gasteiger partial charge is 0.275 e. The summed E-state index contributed by atoms with van der Waals surface area (Å²) in [6, 6.07) is 13.5. The predicted molar refractivity (Wildman–Crippen MR) is 105 cm³/mol. The molecule has 27 heavy (non-hydrogen) atoms. The van der Waals surface area contributed by atoms with Gasteiger partial charge in [-0.1, -0.05) is 5.16 Å². The highest BCUT2D eigenvalue weighted by molar-refractivity contribution is 6.02. The third kappa shape index (κ3) is 4.08. The van der Waals surface area contributed by atoms with E-state index in [1.165, 1.54) is 18.5 Å². The lowest BCUT2D eigenvalue weighted by Crippen LogP contribution is -2.17. The fourth-order valence-electron chi connectivity index (χ4n) is 3.11. The molecule has 3 heterocycles. The molecule has 4 rings (SSSR count). The number of rotatable bonds is 5. The molecule has 2 aromatic heterocycles. The van der Waals surface area contributed by atoms with Crippen LogP contribution in [0.2, 0.25) is 0 Å². The van der Waals surface area contributed by atoms with E-state index < -0.39 is 0 Å². The van der Waals surface area contributed by atoms with Crippen LogP contribution < -0.4 is 15.5 Å². The van der Waals surface area contributed by atoms with Crippen molar-refractivity contribution in [3.63, 3.8) is 0 Å². The summed E-state index contributed by atoms with van der Waals surface area (Å²) < 4.78 is 4.93. The fraction of sp³-hybridized carbons (Fsp3) is 0.250. The molecule has 1 fully saturated rings. The molecule has 7 nitrogen and oxygen atoms in total. The van der Waals surface area contributed by atoms with Crippen molar-refractivity contribution in [2.45, 2.75) is 19.8 Å². The molecule has 0 spiro atoms. The number of carbonyl (C=O) groups is 1. The number of hydrogen-bond donors (Lipinski definition) is 2. The Labute approximate surface area is 157 Å². The van der Waals surface area contributed by atoms with Crippen LogP contribution in [0.15, 0.2) is 53.2 Å². The summed E-state index contributed by atoms with van der Waals surface area (Å²) in [6.45, 7) is 4.03. The first-order valence-corrected chi connectivity index (χ1v) is 9.00. The lowest BCUT2D eigenvalue weighted by molar-refractivity contribution is 0.102. The summed E-state index contributed by atoms with van der Waals surface area (Å²) in [4.78, 5) is 18.8. The first kappa shape index (κ1) is 17.1. The van der Waals surface area contributed by atoms with E-state index >= 15 is 0 Å². The number of nitrogens with one attached hydrogen (secondary N) is 2. The molecule has 1 amide bonds. The molecule has 3 aromatic rings. The average molecular weight is 363 g/mol. The van der Waals surface area contributed by atoms with Gasteiger partial charge in [0.15, 0.2) is 5.82 Å². The van der Waals surface area contributed by atoms with E-state index in [9.17, 15) is 4.79 Å². The number of pyridine rings is 1. The normalized spacial score (nSPS) is 13.6. The van der Waals surface area contributed by atoms with Crippen LogP contribution in [0.5, 0.6) is 0 Å². The Morgan fingerprint density at radius 2 is 1.81 bits per heavy atom. The van der Waals surface area contributed by atoms with Crippen LogP contribution in [0, 0.1) is 6.92 Å². The van der Waals surface area contributed by atoms with Crippen molar-refractivity contribution in [3.05, 3.63) is 60.1 Å². The minimum absolute atomic E-state index is 0.311. The molecular formula is C20H21N5O2. The van der Waals surface area contributed by atoms with Crippen molar-refractivity contribution < 1.29 is 9.32 Å². The summed E-state index contributed by atoms with van der Waals surface area (Å²) in [5.41, 5.74) is 3.37. The van der Waals surface area contributed by atoms with Gasteiger partial charge >= 0.3 is 0 Å². The minimum Gasteiger partial charge on any atom is -0.372 e. The van der Waals surface area contributed by atoms with E-state index in [0.29, 0.717) is 17.3 Å². The van der Waals surface area contributed by atoms with Crippen molar-refractivity contribution in [1.82, 2.24) is 10.1 Å². The summed E-state index contributed by atoms with van der Waals surface area (Å²) in [6.07, 6.45) is 4.17. The molecular weight excluding hydrogens is 342 g/mol. The number of aryl methyl sites for hydroxylation is 1. The van der Waals surface area contributed by atoms with Crippen LogP contribution in [0.4, 0.5) is 22.9 Å². The van der Waals surface area contributed by atoms with Gasteiger partial charge in [-0.3, -0.25) is 4.79 Å². The number of amides is 1. The lowest BCUT2D eigenvalue weighted by Gasteiger charge is -2.18. The number of aromatic nitrogens is 2. The molecule has 0 aliphatic carbocycles. The summed E-state index contributed by atoms with van der Waals surface area (Å²) in [5.74, 6) is 0.679. The molecule has 0 atom stereocenters. The van der Waals surface area contributed by atoms with Gasteiger partial charge in [0.05, 0.1) is 11.9 Å². The summed E-state index contributed by atoms with van der Waals surface area (Å²) >= 11 is 0. The zero-order valence-electron chi connectivity index (χ0n) is 15.1. The predicted octanol–water partition coefficient (Wildman–Crippen LogP) is 3.97. The maximum absolute atomic E-state index is 12.2. The lowest BCUT2D eigenvalue weighted by atomic mass is 10.2. The zero-order chi connectivity index (χ0) is 18.6. The Balaban J connectivity index is 1.37. The second kappa shape index (κ2) is 7.49. The van der Waals surface area contributed by atoms with Gasteiger partial charge in [0, 0.05) is 30.5 Å². The standard InChI is InChI=1S/C20H21N5O2/c1-14-12-19(24-27-14)23-20(26)18-9-6-16(13-21-18)22-15-4-7-17(8-5-15)25-10-2-3-11-25/h4-9,12-13,22H,2-3,10-11H2,1H3,(H,23,24,26). The number of carbonyl (C=O) groups excluding carboxylic acids is 1. The molecule has 7 heteroatoms. The molecule has 0 bridgehead atoms. The molecule has 138 valence electrons. The fourth-order valence-corrected chi connectivity index (χ4v) is 3.11. The Kier molecular flexibility index (Phi) is 4.74. The van der Waals surface area contributed by atoms with Gasteiger partial charge in [-0.15, -0.1) is 0 Å². The van der Waals surface area contributed by atoms with Crippen LogP contribution in [0.3, 0.4) is 0 Å². The van der Waals surface area contributed by atoms with E-state index in [1.807, 2.05) is 6.07 Å². The van der Waals surface area contributed by atoms with Crippen LogP contribution in [0.1, 0.15) is 29.1 Å². The molecule has 1 aliphatic heterocycles. The van der Waals surface area contributed by atoms with E-state index in [2.05, 4.69) is 49.9 Å². The number of nitrogens with zero attached hydrogens (tertiary/aromatic N) is 3. The monoisotopic (exact) mass is 363 g/mol. The minimum atomic E-state index is -0.329.